The number of aromatic hydroxyl groups is 2. The van der Waals surface area contributed by atoms with Crippen molar-refractivity contribution < 1.29 is 18.6 Å². The number of benzene rings is 4. The Morgan fingerprint density at radius 2 is 1.52 bits per heavy atom. The molecule has 0 aliphatic heterocycles. The predicted molar refractivity (Wildman–Crippen MR) is 139 cm³/mol. The Kier molecular flexibility index (Phi) is 8.17. The summed E-state index contributed by atoms with van der Waals surface area (Å²) in [5.74, 6) is 0.242. The van der Waals surface area contributed by atoms with Gasteiger partial charge in [-0.1, -0.05) is 32.0 Å². The van der Waals surface area contributed by atoms with E-state index in [4.69, 9.17) is 5.73 Å². The second-order valence-corrected chi connectivity index (χ2v) is 9.76. The Hall–Kier alpha value is -3.45. The molecule has 0 atom stereocenters. The lowest BCUT2D eigenvalue weighted by Crippen LogP contribution is -2.08. The average Bonchev–Trinajstić information content (AvgIpc) is 2.74. The van der Waals surface area contributed by atoms with Crippen molar-refractivity contribution in [1.82, 2.24) is 0 Å². The summed E-state index contributed by atoms with van der Waals surface area (Å²) in [7, 11) is 0.485. The first-order valence-electron chi connectivity index (χ1n) is 10.6. The highest BCUT2D eigenvalue weighted by atomic mass is 32.2. The van der Waals surface area contributed by atoms with Crippen molar-refractivity contribution in [2.24, 2.45) is 0 Å². The molecule has 4 aromatic rings. The molecule has 0 fully saturated rings. The van der Waals surface area contributed by atoms with Crippen LogP contribution in [0.3, 0.4) is 0 Å². The highest BCUT2D eigenvalue weighted by Gasteiger charge is 2.12. The summed E-state index contributed by atoms with van der Waals surface area (Å²) in [6.45, 7) is 5.95. The van der Waals surface area contributed by atoms with Crippen molar-refractivity contribution in [1.29, 1.82) is 0 Å². The normalized spacial score (nSPS) is 10.7. The highest BCUT2D eigenvalue weighted by Crippen LogP contribution is 2.32. The topological polar surface area (TPSA) is 104 Å². The number of nitrogen functional groups attached to an aromatic ring is 1. The minimum absolute atomic E-state index is 0.0155. The molecular formula is C26H32N2O4S. The second kappa shape index (κ2) is 10.4. The van der Waals surface area contributed by atoms with Crippen LogP contribution in [0.15, 0.2) is 65.6 Å². The van der Waals surface area contributed by atoms with E-state index in [1.807, 2.05) is 70.1 Å². The number of rotatable bonds is 2. The maximum absolute atomic E-state index is 11.5. The van der Waals surface area contributed by atoms with Crippen LogP contribution in [0.2, 0.25) is 0 Å². The summed E-state index contributed by atoms with van der Waals surface area (Å²) in [6, 6.07) is 17.7. The van der Waals surface area contributed by atoms with Crippen molar-refractivity contribution >= 4 is 42.8 Å². The van der Waals surface area contributed by atoms with E-state index in [0.29, 0.717) is 16.5 Å². The molecule has 6 nitrogen and oxygen atoms in total. The van der Waals surface area contributed by atoms with Gasteiger partial charge in [-0.3, -0.25) is 0 Å². The molecule has 0 saturated heterocycles. The minimum atomic E-state index is -3.32. The van der Waals surface area contributed by atoms with Gasteiger partial charge in [-0.15, -0.1) is 0 Å². The van der Waals surface area contributed by atoms with Crippen LogP contribution in [0.4, 0.5) is 11.4 Å². The van der Waals surface area contributed by atoms with E-state index in [1.54, 1.807) is 24.3 Å². The third-order valence-corrected chi connectivity index (χ3v) is 6.06. The molecule has 0 unspecified atom stereocenters. The summed E-state index contributed by atoms with van der Waals surface area (Å²) in [4.78, 5) is 2.05. The molecule has 0 radical (unpaired) electrons. The van der Waals surface area contributed by atoms with Gasteiger partial charge in [-0.25, -0.2) is 8.42 Å². The van der Waals surface area contributed by atoms with Gasteiger partial charge in [0.15, 0.2) is 9.84 Å². The summed E-state index contributed by atoms with van der Waals surface area (Å²) >= 11 is 0. The van der Waals surface area contributed by atoms with Crippen molar-refractivity contribution in [2.45, 2.75) is 25.7 Å². The van der Waals surface area contributed by atoms with Crippen LogP contribution >= 0.6 is 0 Å². The molecule has 0 aromatic heterocycles. The predicted octanol–water partition coefficient (Wildman–Crippen LogP) is 5.48. The van der Waals surface area contributed by atoms with Crippen LogP contribution in [0.1, 0.15) is 19.4 Å². The standard InChI is InChI=1S/C13H15NO3S.C11H11NO.C2H6/c1-14(2)10-4-5-12-9(6-10)7-11(8-13(12)15)18(3,16)17;1-7-5-8-3-2-4-9(12)11(8)10(13)6-7;1-2/h4-8,15H,1-3H3;2-6,13H,12H2,1H3;1-2H3. The monoisotopic (exact) mass is 468 g/mol. The first kappa shape index (κ1) is 25.8. The number of sulfone groups is 1. The zero-order valence-corrected chi connectivity index (χ0v) is 20.7. The molecule has 0 bridgehead atoms. The average molecular weight is 469 g/mol. The molecular weight excluding hydrogens is 436 g/mol. The van der Waals surface area contributed by atoms with Crippen molar-refractivity contribution in [3.8, 4) is 11.5 Å². The van der Waals surface area contributed by atoms with E-state index in [2.05, 4.69) is 0 Å². The maximum Gasteiger partial charge on any atom is 0.175 e. The number of phenols is 2. The molecule has 4 rings (SSSR count). The second-order valence-electron chi connectivity index (χ2n) is 7.74. The third-order valence-electron chi connectivity index (χ3n) is 4.97. The number of aryl methyl sites for hydroxylation is 1. The lowest BCUT2D eigenvalue weighted by atomic mass is 10.1. The van der Waals surface area contributed by atoms with Crippen LogP contribution in [0.25, 0.3) is 21.5 Å². The van der Waals surface area contributed by atoms with Gasteiger partial charge in [0.05, 0.1) is 4.90 Å². The molecule has 0 amide bonds. The minimum Gasteiger partial charge on any atom is -0.507 e. The summed E-state index contributed by atoms with van der Waals surface area (Å²) in [6.07, 6.45) is 1.13. The van der Waals surface area contributed by atoms with Gasteiger partial charge in [0, 0.05) is 42.5 Å². The summed E-state index contributed by atoms with van der Waals surface area (Å²) in [5, 5.41) is 22.6. The van der Waals surface area contributed by atoms with Gasteiger partial charge < -0.3 is 20.8 Å². The molecule has 0 aliphatic carbocycles. The first-order valence-corrected chi connectivity index (χ1v) is 12.5. The number of phenolic OH excluding ortho intramolecular Hbond substituents is 2. The fourth-order valence-corrected chi connectivity index (χ4v) is 4.05. The smallest absolute Gasteiger partial charge is 0.175 e. The molecule has 4 N–H and O–H groups in total. The van der Waals surface area contributed by atoms with Gasteiger partial charge in [-0.05, 0) is 65.7 Å². The highest BCUT2D eigenvalue weighted by molar-refractivity contribution is 7.90. The van der Waals surface area contributed by atoms with Gasteiger partial charge in [-0.2, -0.15) is 0 Å². The van der Waals surface area contributed by atoms with Gasteiger partial charge in [0.25, 0.3) is 0 Å². The molecule has 0 aliphatic rings. The Morgan fingerprint density at radius 3 is 2.12 bits per heavy atom. The molecule has 176 valence electrons. The van der Waals surface area contributed by atoms with E-state index in [9.17, 15) is 18.6 Å². The zero-order chi connectivity index (χ0) is 24.9. The number of nitrogens with two attached hydrogens (primary N) is 1. The Balaban J connectivity index is 0.000000227. The number of hydrogen-bond acceptors (Lipinski definition) is 6. The SMILES string of the molecule is CC.CN(C)c1ccc2c(O)cc(S(C)(=O)=O)cc2c1.Cc1cc(O)c2c(N)cccc2c1. The van der Waals surface area contributed by atoms with Crippen molar-refractivity contribution in [3.05, 3.63) is 66.2 Å². The Labute approximate surface area is 195 Å². The van der Waals surface area contributed by atoms with Crippen LogP contribution in [0, 0.1) is 6.92 Å². The molecule has 0 heterocycles. The molecule has 4 aromatic carbocycles. The molecule has 33 heavy (non-hydrogen) atoms. The van der Waals surface area contributed by atoms with Crippen LogP contribution in [0.5, 0.6) is 11.5 Å². The lowest BCUT2D eigenvalue weighted by Gasteiger charge is -2.14. The number of fused-ring (bicyclic) bond motifs is 2. The van der Waals surface area contributed by atoms with Gasteiger partial charge >= 0.3 is 0 Å². The number of nitrogens with zero attached hydrogens (tertiary/aromatic N) is 1. The Bertz CT molecular complexity index is 1380. The lowest BCUT2D eigenvalue weighted by molar-refractivity contribution is 0.479. The Morgan fingerprint density at radius 1 is 0.848 bits per heavy atom. The van der Waals surface area contributed by atoms with E-state index in [1.165, 1.54) is 6.07 Å². The fraction of sp³-hybridized carbons (Fsp3) is 0.231. The van der Waals surface area contributed by atoms with Crippen LogP contribution in [-0.4, -0.2) is 39.0 Å². The largest absolute Gasteiger partial charge is 0.507 e. The van der Waals surface area contributed by atoms with Crippen molar-refractivity contribution in [3.63, 3.8) is 0 Å². The van der Waals surface area contributed by atoms with E-state index < -0.39 is 9.84 Å². The molecule has 7 heteroatoms. The fourth-order valence-electron chi connectivity index (χ4n) is 3.38. The van der Waals surface area contributed by atoms with E-state index in [0.717, 1.165) is 28.3 Å². The molecule has 0 spiro atoms. The van der Waals surface area contributed by atoms with Gasteiger partial charge in [0.2, 0.25) is 0 Å². The number of hydrogen-bond donors (Lipinski definition) is 3. The van der Waals surface area contributed by atoms with E-state index >= 15 is 0 Å². The quantitative estimate of drug-likeness (QED) is 0.337. The maximum atomic E-state index is 11.5. The summed E-state index contributed by atoms with van der Waals surface area (Å²) in [5.41, 5.74) is 8.36. The summed E-state index contributed by atoms with van der Waals surface area (Å²) < 4.78 is 23.1. The molecule has 0 saturated carbocycles. The van der Waals surface area contributed by atoms with E-state index in [-0.39, 0.29) is 16.4 Å². The zero-order valence-electron chi connectivity index (χ0n) is 19.9. The van der Waals surface area contributed by atoms with Crippen LogP contribution in [-0.2, 0) is 9.84 Å². The number of anilines is 2. The van der Waals surface area contributed by atoms with Crippen LogP contribution < -0.4 is 10.6 Å². The third kappa shape index (κ3) is 6.08. The van der Waals surface area contributed by atoms with Gasteiger partial charge in [0.1, 0.15) is 11.5 Å². The first-order chi connectivity index (χ1) is 15.5. The van der Waals surface area contributed by atoms with Crippen molar-refractivity contribution in [2.75, 3.05) is 31.0 Å².